The lowest BCUT2D eigenvalue weighted by Gasteiger charge is -2.31. The maximum Gasteiger partial charge on any atom is 0.0448 e. The highest BCUT2D eigenvalue weighted by atomic mass is 32.2. The van der Waals surface area contributed by atoms with Gasteiger partial charge in [-0.1, -0.05) is 25.1 Å². The number of nitrogens with one attached hydrogen (secondary N) is 1. The Morgan fingerprint density at radius 2 is 2.11 bits per heavy atom. The van der Waals surface area contributed by atoms with Crippen molar-refractivity contribution in [2.24, 2.45) is 0 Å². The Hall–Kier alpha value is -0.120. The largest absolute Gasteiger partial charge is 0.309 e. The van der Waals surface area contributed by atoms with Gasteiger partial charge in [-0.05, 0) is 43.5 Å². The monoisotopic (exact) mass is 295 g/mol. The molecule has 106 valence electrons. The highest BCUT2D eigenvalue weighted by Crippen LogP contribution is 2.34. The van der Waals surface area contributed by atoms with Crippen LogP contribution >= 0.6 is 23.5 Å². The van der Waals surface area contributed by atoms with Crippen LogP contribution in [0.1, 0.15) is 36.1 Å². The SMILES string of the molecule is CCCNC(c1ccc(C)c(C)c1)C1CSCCS1. The molecule has 1 saturated heterocycles. The van der Waals surface area contributed by atoms with Crippen LogP contribution in [-0.2, 0) is 0 Å². The first-order valence-electron chi connectivity index (χ1n) is 7.22. The Kier molecular flexibility index (Phi) is 6.11. The standard InChI is InChI=1S/C16H25NS2/c1-4-7-17-16(15-11-18-8-9-19-15)14-6-5-12(2)13(3)10-14/h5-6,10,15-17H,4,7-9,11H2,1-3H3. The molecular weight excluding hydrogens is 270 g/mol. The highest BCUT2D eigenvalue weighted by Gasteiger charge is 2.25. The van der Waals surface area contributed by atoms with Gasteiger partial charge < -0.3 is 5.32 Å². The molecule has 0 bridgehead atoms. The minimum atomic E-state index is 0.511. The molecule has 0 aliphatic carbocycles. The number of rotatable bonds is 5. The van der Waals surface area contributed by atoms with Gasteiger partial charge in [0.2, 0.25) is 0 Å². The van der Waals surface area contributed by atoms with Crippen molar-refractivity contribution in [1.29, 1.82) is 0 Å². The fraction of sp³-hybridized carbons (Fsp3) is 0.625. The minimum absolute atomic E-state index is 0.511. The molecule has 1 nitrogen and oxygen atoms in total. The molecule has 1 aliphatic heterocycles. The third kappa shape index (κ3) is 4.17. The van der Waals surface area contributed by atoms with Crippen molar-refractivity contribution in [2.45, 2.75) is 38.5 Å². The molecule has 1 fully saturated rings. The molecule has 2 unspecified atom stereocenters. The molecule has 1 aliphatic rings. The van der Waals surface area contributed by atoms with Gasteiger partial charge in [0.15, 0.2) is 0 Å². The molecule has 3 heteroatoms. The van der Waals surface area contributed by atoms with E-state index in [9.17, 15) is 0 Å². The van der Waals surface area contributed by atoms with E-state index in [1.807, 2.05) is 0 Å². The molecule has 1 aromatic rings. The van der Waals surface area contributed by atoms with E-state index in [-0.39, 0.29) is 0 Å². The van der Waals surface area contributed by atoms with Gasteiger partial charge in [-0.2, -0.15) is 23.5 Å². The Bertz CT molecular complexity index is 400. The van der Waals surface area contributed by atoms with Crippen molar-refractivity contribution in [3.8, 4) is 0 Å². The van der Waals surface area contributed by atoms with Crippen molar-refractivity contribution < 1.29 is 0 Å². The van der Waals surface area contributed by atoms with E-state index in [0.29, 0.717) is 11.3 Å². The van der Waals surface area contributed by atoms with Gasteiger partial charge in [-0.3, -0.25) is 0 Å². The molecule has 0 spiro atoms. The molecule has 1 aromatic carbocycles. The lowest BCUT2D eigenvalue weighted by molar-refractivity contribution is 0.530. The van der Waals surface area contributed by atoms with Crippen LogP contribution in [0.4, 0.5) is 0 Å². The summed E-state index contributed by atoms with van der Waals surface area (Å²) >= 11 is 4.25. The quantitative estimate of drug-likeness (QED) is 0.874. The lowest BCUT2D eigenvalue weighted by atomic mass is 9.99. The average molecular weight is 296 g/mol. The summed E-state index contributed by atoms with van der Waals surface area (Å²) < 4.78 is 0. The fourth-order valence-corrected chi connectivity index (χ4v) is 5.29. The molecule has 1 N–H and O–H groups in total. The molecule has 19 heavy (non-hydrogen) atoms. The second-order valence-corrected chi connectivity index (χ2v) is 7.76. The first kappa shape index (κ1) is 15.3. The smallest absolute Gasteiger partial charge is 0.0448 e. The lowest BCUT2D eigenvalue weighted by Crippen LogP contribution is -2.34. The predicted octanol–water partition coefficient (Wildman–Crippen LogP) is 4.19. The van der Waals surface area contributed by atoms with E-state index in [2.05, 4.69) is 67.8 Å². The van der Waals surface area contributed by atoms with E-state index in [0.717, 1.165) is 6.54 Å². The molecule has 0 aromatic heterocycles. The van der Waals surface area contributed by atoms with Crippen molar-refractivity contribution in [3.05, 3.63) is 34.9 Å². The zero-order valence-electron chi connectivity index (χ0n) is 12.2. The summed E-state index contributed by atoms with van der Waals surface area (Å²) in [5.74, 6) is 3.89. The molecule has 0 amide bonds. The normalized spacial score (nSPS) is 21.3. The fourth-order valence-electron chi connectivity index (χ4n) is 2.42. The molecule has 2 atom stereocenters. The van der Waals surface area contributed by atoms with Gasteiger partial charge in [0.05, 0.1) is 0 Å². The van der Waals surface area contributed by atoms with Crippen LogP contribution in [-0.4, -0.2) is 29.1 Å². The summed E-state index contributed by atoms with van der Waals surface area (Å²) in [7, 11) is 0. The predicted molar refractivity (Wildman–Crippen MR) is 90.5 cm³/mol. The Labute approximate surface area is 126 Å². The van der Waals surface area contributed by atoms with Crippen molar-refractivity contribution in [3.63, 3.8) is 0 Å². The molecule has 1 heterocycles. The second kappa shape index (κ2) is 7.61. The van der Waals surface area contributed by atoms with Crippen LogP contribution in [0.15, 0.2) is 18.2 Å². The minimum Gasteiger partial charge on any atom is -0.309 e. The van der Waals surface area contributed by atoms with Crippen LogP contribution in [0.3, 0.4) is 0 Å². The summed E-state index contributed by atoms with van der Waals surface area (Å²) in [4.78, 5) is 0. The maximum atomic E-state index is 3.77. The highest BCUT2D eigenvalue weighted by molar-refractivity contribution is 8.06. The number of benzene rings is 1. The van der Waals surface area contributed by atoms with E-state index in [4.69, 9.17) is 0 Å². The first-order valence-corrected chi connectivity index (χ1v) is 9.42. The van der Waals surface area contributed by atoms with Crippen molar-refractivity contribution in [1.82, 2.24) is 5.32 Å². The van der Waals surface area contributed by atoms with Crippen molar-refractivity contribution >= 4 is 23.5 Å². The average Bonchev–Trinajstić information content (AvgIpc) is 2.44. The Morgan fingerprint density at radius 1 is 1.26 bits per heavy atom. The van der Waals surface area contributed by atoms with Crippen LogP contribution in [0, 0.1) is 13.8 Å². The second-order valence-electron chi connectivity index (χ2n) is 5.26. The van der Waals surface area contributed by atoms with Gasteiger partial charge in [-0.25, -0.2) is 0 Å². The summed E-state index contributed by atoms with van der Waals surface area (Å²) in [6.07, 6.45) is 1.20. The summed E-state index contributed by atoms with van der Waals surface area (Å²) in [6.45, 7) is 7.77. The van der Waals surface area contributed by atoms with Crippen LogP contribution < -0.4 is 5.32 Å². The van der Waals surface area contributed by atoms with Crippen LogP contribution in [0.2, 0.25) is 0 Å². The third-order valence-electron chi connectivity index (χ3n) is 3.72. The third-order valence-corrected chi connectivity index (χ3v) is 6.58. The summed E-state index contributed by atoms with van der Waals surface area (Å²) in [6, 6.07) is 7.47. The summed E-state index contributed by atoms with van der Waals surface area (Å²) in [5.41, 5.74) is 4.27. The van der Waals surface area contributed by atoms with Gasteiger partial charge in [0.1, 0.15) is 0 Å². The summed E-state index contributed by atoms with van der Waals surface area (Å²) in [5, 5.41) is 4.48. The van der Waals surface area contributed by atoms with E-state index in [1.54, 1.807) is 0 Å². The number of aryl methyl sites for hydroxylation is 2. The van der Waals surface area contributed by atoms with E-state index < -0.39 is 0 Å². The van der Waals surface area contributed by atoms with Crippen molar-refractivity contribution in [2.75, 3.05) is 23.8 Å². The van der Waals surface area contributed by atoms with Gasteiger partial charge in [-0.15, -0.1) is 0 Å². The zero-order chi connectivity index (χ0) is 13.7. The van der Waals surface area contributed by atoms with E-state index >= 15 is 0 Å². The van der Waals surface area contributed by atoms with Crippen LogP contribution in [0.25, 0.3) is 0 Å². The number of hydrogen-bond acceptors (Lipinski definition) is 3. The number of hydrogen-bond donors (Lipinski definition) is 1. The van der Waals surface area contributed by atoms with Gasteiger partial charge in [0, 0.05) is 28.6 Å². The molecule has 2 rings (SSSR count). The Morgan fingerprint density at radius 3 is 2.74 bits per heavy atom. The molecule has 0 radical (unpaired) electrons. The van der Waals surface area contributed by atoms with Gasteiger partial charge >= 0.3 is 0 Å². The topological polar surface area (TPSA) is 12.0 Å². The first-order chi connectivity index (χ1) is 9.22. The van der Waals surface area contributed by atoms with Gasteiger partial charge in [0.25, 0.3) is 0 Å². The number of thioether (sulfide) groups is 2. The zero-order valence-corrected chi connectivity index (χ0v) is 13.9. The van der Waals surface area contributed by atoms with E-state index in [1.165, 1.54) is 40.4 Å². The molecule has 0 saturated carbocycles. The molecular formula is C16H25NS2. The Balaban J connectivity index is 2.17. The van der Waals surface area contributed by atoms with Crippen LogP contribution in [0.5, 0.6) is 0 Å². The maximum absolute atomic E-state index is 3.77.